The molecular weight excluding hydrogens is 467 g/mol. The second-order valence-electron chi connectivity index (χ2n) is 6.92. The summed E-state index contributed by atoms with van der Waals surface area (Å²) >= 11 is 0. The number of halogens is 1. The molecule has 1 atom stereocenters. The van der Waals surface area contributed by atoms with E-state index in [1.54, 1.807) is 24.3 Å². The van der Waals surface area contributed by atoms with Gasteiger partial charge in [-0.15, -0.1) is 0 Å². The van der Waals surface area contributed by atoms with Crippen molar-refractivity contribution in [2.45, 2.75) is 32.0 Å². The van der Waals surface area contributed by atoms with Crippen molar-refractivity contribution in [3.8, 4) is 5.75 Å². The molecule has 2 aromatic carbocycles. The lowest BCUT2D eigenvalue weighted by Gasteiger charge is -2.14. The number of ether oxygens (including phenoxy) is 1. The normalized spacial score (nSPS) is 10.5. The Balaban J connectivity index is 0.00000194. The molecule has 2 amide bonds. The lowest BCUT2D eigenvalue weighted by atomic mass is 10.1. The van der Waals surface area contributed by atoms with Crippen LogP contribution in [0.25, 0.3) is 0 Å². The second-order valence-corrected chi connectivity index (χ2v) is 6.92. The van der Waals surface area contributed by atoms with Crippen LogP contribution in [0.3, 0.4) is 0 Å². The first-order chi connectivity index (χ1) is 16.7. The highest BCUT2D eigenvalue weighted by atomic mass is 19.1. The van der Waals surface area contributed by atoms with Gasteiger partial charge in [0.1, 0.15) is 18.5 Å². The average molecular weight is 490 g/mol. The maximum atomic E-state index is 12.5. The number of amides is 2. The van der Waals surface area contributed by atoms with Crippen LogP contribution in [0.1, 0.15) is 34.3 Å². The zero-order valence-corrected chi connectivity index (χ0v) is 18.4. The molecule has 0 aromatic heterocycles. The van der Waals surface area contributed by atoms with Gasteiger partial charge in [0.25, 0.3) is 0 Å². The van der Waals surface area contributed by atoms with Gasteiger partial charge in [0.15, 0.2) is 0 Å². The van der Waals surface area contributed by atoms with Crippen LogP contribution in [0.15, 0.2) is 48.5 Å². The topological polar surface area (TPSA) is 176 Å². The number of nitrogens with one attached hydrogen (secondary N) is 2. The Hall–Kier alpha value is -4.57. The minimum Gasteiger partial charge on any atom is -0.481 e. The number of carbonyl (C=O) groups is 4. The number of rotatable bonds is 11. The molecular formula is C23H23FN2O9. The summed E-state index contributed by atoms with van der Waals surface area (Å²) in [4.78, 5) is 61.8. The number of urea groups is 1. The van der Waals surface area contributed by atoms with E-state index in [1.165, 1.54) is 24.3 Å². The Morgan fingerprint density at radius 3 is 2.03 bits per heavy atom. The molecule has 0 unspecified atom stereocenters. The Labute approximate surface area is 198 Å². The molecule has 2 aromatic rings. The minimum absolute atomic E-state index is 0.206. The first-order valence-electron chi connectivity index (χ1n) is 10.1. The number of esters is 1. The monoisotopic (exact) mass is 490 g/mol. The van der Waals surface area contributed by atoms with Crippen LogP contribution in [-0.2, 0) is 32.3 Å². The highest BCUT2D eigenvalue weighted by molar-refractivity contribution is 5.91. The summed E-state index contributed by atoms with van der Waals surface area (Å²) < 4.78 is 17.8. The third kappa shape index (κ3) is 11.2. The van der Waals surface area contributed by atoms with E-state index < -0.39 is 36.7 Å². The Kier molecular flexibility index (Phi) is 12.4. The molecule has 11 nitrogen and oxygen atoms in total. The Morgan fingerprint density at radius 1 is 0.943 bits per heavy atom. The maximum absolute atomic E-state index is 12.5. The summed E-state index contributed by atoms with van der Waals surface area (Å²) in [6.45, 7) is -0.407. The van der Waals surface area contributed by atoms with E-state index in [0.717, 1.165) is 5.56 Å². The quantitative estimate of drug-likeness (QED) is 0.271. The van der Waals surface area contributed by atoms with E-state index in [0.29, 0.717) is 23.3 Å². The lowest BCUT2D eigenvalue weighted by molar-refractivity contribution is -0.191. The zero-order valence-electron chi connectivity index (χ0n) is 18.4. The van der Waals surface area contributed by atoms with Crippen molar-refractivity contribution in [1.29, 1.82) is 0 Å². The number of hydrogen-bond acceptors (Lipinski definition) is 7. The highest BCUT2D eigenvalue weighted by Gasteiger charge is 2.20. The van der Waals surface area contributed by atoms with Gasteiger partial charge in [-0.25, -0.2) is 18.8 Å². The first-order valence-corrected chi connectivity index (χ1v) is 10.1. The number of carbonyl (C=O) groups excluding carboxylic acids is 4. The Bertz CT molecular complexity index is 1030. The number of aliphatic carboxylic acids is 2. The molecule has 12 heteroatoms. The SMILES string of the molecule is O=C(O)CC[C@H](NC(=O)NCCc1ccc(OC(=O)c2ccc(CF)cc2)cc1)C(=O)O.O=C=O. The van der Waals surface area contributed by atoms with E-state index in [4.69, 9.17) is 24.5 Å². The van der Waals surface area contributed by atoms with Crippen LogP contribution >= 0.6 is 0 Å². The van der Waals surface area contributed by atoms with E-state index >= 15 is 0 Å². The predicted molar refractivity (Wildman–Crippen MR) is 116 cm³/mol. The standard InChI is InChI=1S/C22H23FN2O7.CO2/c23-13-15-1-5-16(6-2-15)21(30)32-17-7-3-14(4-8-17)11-12-24-22(31)25-18(20(28)29)9-10-19(26)27;2-1-3/h1-8,18H,9-13H2,(H,26,27)(H,28,29)(H2,24,25,31);/t18-;/m0./s1. The summed E-state index contributed by atoms with van der Waals surface area (Å²) in [5.41, 5.74) is 1.59. The molecule has 35 heavy (non-hydrogen) atoms. The van der Waals surface area contributed by atoms with Gasteiger partial charge >= 0.3 is 30.1 Å². The second kappa shape index (κ2) is 15.3. The maximum Gasteiger partial charge on any atom is 0.373 e. The molecule has 0 aliphatic carbocycles. The fourth-order valence-corrected chi connectivity index (χ4v) is 2.67. The highest BCUT2D eigenvalue weighted by Crippen LogP contribution is 2.15. The van der Waals surface area contributed by atoms with Gasteiger partial charge < -0.3 is 25.6 Å². The molecule has 0 aliphatic rings. The molecule has 0 saturated carbocycles. The van der Waals surface area contributed by atoms with E-state index in [2.05, 4.69) is 10.6 Å². The van der Waals surface area contributed by atoms with Gasteiger partial charge in [-0.3, -0.25) is 4.79 Å². The third-order valence-corrected chi connectivity index (χ3v) is 4.43. The number of carboxylic acid groups (broad SMARTS) is 2. The van der Waals surface area contributed by atoms with Crippen molar-refractivity contribution in [2.75, 3.05) is 6.54 Å². The van der Waals surface area contributed by atoms with Gasteiger partial charge in [-0.05, 0) is 48.2 Å². The minimum atomic E-state index is -1.31. The molecule has 0 radical (unpaired) electrons. The molecule has 0 bridgehead atoms. The average Bonchev–Trinajstić information content (AvgIpc) is 2.83. The smallest absolute Gasteiger partial charge is 0.373 e. The van der Waals surface area contributed by atoms with Crippen LogP contribution in [0.4, 0.5) is 9.18 Å². The number of alkyl halides is 1. The number of carboxylic acids is 2. The molecule has 0 fully saturated rings. The van der Waals surface area contributed by atoms with E-state index in [9.17, 15) is 23.6 Å². The van der Waals surface area contributed by atoms with Crippen molar-refractivity contribution in [1.82, 2.24) is 10.6 Å². The van der Waals surface area contributed by atoms with Crippen molar-refractivity contribution in [3.05, 3.63) is 65.2 Å². The number of benzene rings is 2. The molecule has 0 heterocycles. The molecule has 0 spiro atoms. The van der Waals surface area contributed by atoms with Gasteiger partial charge in [0, 0.05) is 13.0 Å². The zero-order chi connectivity index (χ0) is 26.2. The predicted octanol–water partition coefficient (Wildman–Crippen LogP) is 1.95. The van der Waals surface area contributed by atoms with Gasteiger partial charge in [0.05, 0.1) is 5.56 Å². The third-order valence-electron chi connectivity index (χ3n) is 4.43. The largest absolute Gasteiger partial charge is 0.481 e. The van der Waals surface area contributed by atoms with Gasteiger partial charge in [-0.2, -0.15) is 9.59 Å². The summed E-state index contributed by atoms with van der Waals surface area (Å²) in [7, 11) is 0. The fraction of sp³-hybridized carbons (Fsp3) is 0.261. The summed E-state index contributed by atoms with van der Waals surface area (Å²) in [6.07, 6.45) is 0.0779. The van der Waals surface area contributed by atoms with E-state index in [-0.39, 0.29) is 25.5 Å². The summed E-state index contributed by atoms with van der Waals surface area (Å²) in [6, 6.07) is 10.6. The Morgan fingerprint density at radius 2 is 1.51 bits per heavy atom. The van der Waals surface area contributed by atoms with Crippen LogP contribution < -0.4 is 15.4 Å². The van der Waals surface area contributed by atoms with Crippen molar-refractivity contribution >= 4 is 30.1 Å². The van der Waals surface area contributed by atoms with Crippen LogP contribution in [0.2, 0.25) is 0 Å². The molecule has 186 valence electrons. The van der Waals surface area contributed by atoms with Crippen LogP contribution in [0.5, 0.6) is 5.75 Å². The van der Waals surface area contributed by atoms with Crippen LogP contribution in [-0.4, -0.2) is 52.9 Å². The molecule has 0 saturated heterocycles. The molecule has 4 N–H and O–H groups in total. The van der Waals surface area contributed by atoms with E-state index in [1.807, 2.05) is 0 Å². The van der Waals surface area contributed by atoms with Crippen molar-refractivity contribution in [3.63, 3.8) is 0 Å². The van der Waals surface area contributed by atoms with Gasteiger partial charge in [0.2, 0.25) is 0 Å². The van der Waals surface area contributed by atoms with Crippen molar-refractivity contribution < 1.29 is 48.1 Å². The van der Waals surface area contributed by atoms with Gasteiger partial charge in [-0.1, -0.05) is 24.3 Å². The summed E-state index contributed by atoms with van der Waals surface area (Å²) in [5.74, 6) is -2.72. The molecule has 0 aliphatic heterocycles. The molecule has 2 rings (SSSR count). The first kappa shape index (κ1) is 28.5. The lowest BCUT2D eigenvalue weighted by Crippen LogP contribution is -2.46. The summed E-state index contributed by atoms with van der Waals surface area (Å²) in [5, 5.41) is 22.4. The number of hydrogen-bond donors (Lipinski definition) is 4. The van der Waals surface area contributed by atoms with Crippen LogP contribution in [0, 0.1) is 0 Å². The van der Waals surface area contributed by atoms with Crippen molar-refractivity contribution in [2.24, 2.45) is 0 Å². The fourth-order valence-electron chi connectivity index (χ4n) is 2.67.